The largest absolute Gasteiger partial charge is 0.462 e. The van der Waals surface area contributed by atoms with Crippen molar-refractivity contribution in [2.45, 2.75) is 278 Å². The number of carbonyl (C=O) groups is 3. The maximum atomic E-state index is 12.8. The molecular formula is C50H96O6. The van der Waals surface area contributed by atoms with Gasteiger partial charge in [0.15, 0.2) is 6.10 Å². The molecule has 1 atom stereocenters. The van der Waals surface area contributed by atoms with Crippen LogP contribution in [0.2, 0.25) is 0 Å². The summed E-state index contributed by atoms with van der Waals surface area (Å²) in [6, 6.07) is 0. The average molecular weight is 793 g/mol. The van der Waals surface area contributed by atoms with E-state index in [1.807, 2.05) is 0 Å². The van der Waals surface area contributed by atoms with Gasteiger partial charge in [-0.3, -0.25) is 14.4 Å². The van der Waals surface area contributed by atoms with E-state index in [-0.39, 0.29) is 31.1 Å². The van der Waals surface area contributed by atoms with Crippen LogP contribution >= 0.6 is 0 Å². The standard InChI is InChI=1S/C50H96O6/c1-6-7-8-9-10-11-12-13-14-15-16-17-18-21-25-32-37-42-50(53)56-47(44-55-49(52)41-36-31-27-26-29-34-39-46(4)5)43-54-48(51)40-35-30-24-22-19-20-23-28-33-38-45(2)3/h45-47H,6-44H2,1-5H3/t47-/m1/s1. The predicted octanol–water partition coefficient (Wildman–Crippen LogP) is 15.8. The zero-order chi connectivity index (χ0) is 41.2. The zero-order valence-corrected chi connectivity index (χ0v) is 38.3. The molecule has 0 radical (unpaired) electrons. The van der Waals surface area contributed by atoms with E-state index in [0.717, 1.165) is 69.6 Å². The van der Waals surface area contributed by atoms with Crippen LogP contribution in [-0.2, 0) is 28.6 Å². The molecule has 6 heteroatoms. The first kappa shape index (κ1) is 54.4. The summed E-state index contributed by atoms with van der Waals surface area (Å²) < 4.78 is 16.7. The number of hydrogen-bond donors (Lipinski definition) is 0. The van der Waals surface area contributed by atoms with Crippen LogP contribution in [0.15, 0.2) is 0 Å². The minimum atomic E-state index is -0.761. The van der Waals surface area contributed by atoms with Gasteiger partial charge in [-0.15, -0.1) is 0 Å². The highest BCUT2D eigenvalue weighted by Crippen LogP contribution is 2.17. The highest BCUT2D eigenvalue weighted by Gasteiger charge is 2.19. The first-order valence-corrected chi connectivity index (χ1v) is 24.7. The predicted molar refractivity (Wildman–Crippen MR) is 238 cm³/mol. The van der Waals surface area contributed by atoms with Crippen molar-refractivity contribution in [1.29, 1.82) is 0 Å². The Balaban J connectivity index is 4.27. The lowest BCUT2D eigenvalue weighted by atomic mass is 10.0. The molecule has 0 aliphatic carbocycles. The van der Waals surface area contributed by atoms with Gasteiger partial charge >= 0.3 is 17.9 Å². The van der Waals surface area contributed by atoms with E-state index in [1.54, 1.807) is 0 Å². The van der Waals surface area contributed by atoms with Crippen molar-refractivity contribution in [2.24, 2.45) is 11.8 Å². The van der Waals surface area contributed by atoms with Crippen LogP contribution in [0.3, 0.4) is 0 Å². The van der Waals surface area contributed by atoms with Gasteiger partial charge in [0, 0.05) is 19.3 Å². The van der Waals surface area contributed by atoms with Crippen LogP contribution in [0, 0.1) is 11.8 Å². The number of esters is 3. The first-order chi connectivity index (χ1) is 27.2. The quantitative estimate of drug-likeness (QED) is 0.0347. The van der Waals surface area contributed by atoms with E-state index >= 15 is 0 Å². The molecule has 0 spiro atoms. The normalized spacial score (nSPS) is 12.1. The first-order valence-electron chi connectivity index (χ1n) is 24.7. The SMILES string of the molecule is CCCCCCCCCCCCCCCCCCCC(=O)O[C@H](COC(=O)CCCCCCCCCCCC(C)C)COC(=O)CCCCCCCCC(C)C. The van der Waals surface area contributed by atoms with Gasteiger partial charge in [-0.1, -0.05) is 234 Å². The average Bonchev–Trinajstić information content (AvgIpc) is 3.16. The summed E-state index contributed by atoms with van der Waals surface area (Å²) in [4.78, 5) is 37.8. The van der Waals surface area contributed by atoms with E-state index in [4.69, 9.17) is 14.2 Å². The molecule has 0 aromatic carbocycles. The third kappa shape index (κ3) is 43.5. The van der Waals surface area contributed by atoms with E-state index in [1.165, 1.54) is 161 Å². The Labute approximate surface area is 348 Å². The second kappa shape index (κ2) is 43.0. The third-order valence-electron chi connectivity index (χ3n) is 11.2. The van der Waals surface area contributed by atoms with Crippen LogP contribution in [0.1, 0.15) is 272 Å². The second-order valence-electron chi connectivity index (χ2n) is 18.1. The van der Waals surface area contributed by atoms with Crippen molar-refractivity contribution >= 4 is 17.9 Å². The molecule has 56 heavy (non-hydrogen) atoms. The Hall–Kier alpha value is -1.59. The number of hydrogen-bond acceptors (Lipinski definition) is 6. The number of rotatable bonds is 44. The van der Waals surface area contributed by atoms with Crippen molar-refractivity contribution in [3.05, 3.63) is 0 Å². The smallest absolute Gasteiger partial charge is 0.306 e. The molecule has 0 aromatic rings. The summed E-state index contributed by atoms with van der Waals surface area (Å²) in [6.45, 7) is 11.3. The molecule has 0 aromatic heterocycles. The molecule has 0 amide bonds. The molecule has 0 aliphatic rings. The maximum absolute atomic E-state index is 12.8. The van der Waals surface area contributed by atoms with Crippen LogP contribution in [-0.4, -0.2) is 37.2 Å². The van der Waals surface area contributed by atoms with Crippen molar-refractivity contribution in [3.63, 3.8) is 0 Å². The summed E-state index contributed by atoms with van der Waals surface area (Å²) in [5, 5.41) is 0. The summed E-state index contributed by atoms with van der Waals surface area (Å²) >= 11 is 0. The number of ether oxygens (including phenoxy) is 3. The molecule has 332 valence electrons. The summed E-state index contributed by atoms with van der Waals surface area (Å²) in [7, 11) is 0. The number of unbranched alkanes of at least 4 members (excludes halogenated alkanes) is 29. The summed E-state index contributed by atoms with van der Waals surface area (Å²) in [5.74, 6) is 0.714. The molecular weight excluding hydrogens is 697 g/mol. The molecule has 0 rings (SSSR count). The van der Waals surface area contributed by atoms with Crippen molar-refractivity contribution < 1.29 is 28.6 Å². The molecule has 0 N–H and O–H groups in total. The lowest BCUT2D eigenvalue weighted by Gasteiger charge is -2.18. The molecule has 0 fully saturated rings. The summed E-state index contributed by atoms with van der Waals surface area (Å²) in [6.07, 6.45) is 42.5. The molecule has 0 aliphatic heterocycles. The van der Waals surface area contributed by atoms with Crippen molar-refractivity contribution in [3.8, 4) is 0 Å². The van der Waals surface area contributed by atoms with Gasteiger partial charge in [0.05, 0.1) is 0 Å². The zero-order valence-electron chi connectivity index (χ0n) is 38.3. The van der Waals surface area contributed by atoms with Gasteiger partial charge in [-0.05, 0) is 31.1 Å². The Morgan fingerprint density at radius 2 is 0.589 bits per heavy atom. The van der Waals surface area contributed by atoms with Crippen molar-refractivity contribution in [2.75, 3.05) is 13.2 Å². The van der Waals surface area contributed by atoms with Gasteiger partial charge in [0.1, 0.15) is 13.2 Å². The maximum Gasteiger partial charge on any atom is 0.306 e. The van der Waals surface area contributed by atoms with Gasteiger partial charge in [0.25, 0.3) is 0 Å². The fourth-order valence-corrected chi connectivity index (χ4v) is 7.46. The third-order valence-corrected chi connectivity index (χ3v) is 11.2. The highest BCUT2D eigenvalue weighted by molar-refractivity contribution is 5.71. The molecule has 0 saturated carbocycles. The molecule has 0 heterocycles. The minimum Gasteiger partial charge on any atom is -0.462 e. The molecule has 0 bridgehead atoms. The van der Waals surface area contributed by atoms with Crippen LogP contribution in [0.5, 0.6) is 0 Å². The van der Waals surface area contributed by atoms with Gasteiger partial charge in [-0.2, -0.15) is 0 Å². The molecule has 0 unspecified atom stereocenters. The van der Waals surface area contributed by atoms with Gasteiger partial charge in [-0.25, -0.2) is 0 Å². The van der Waals surface area contributed by atoms with Crippen molar-refractivity contribution in [1.82, 2.24) is 0 Å². The van der Waals surface area contributed by atoms with Crippen LogP contribution < -0.4 is 0 Å². The Morgan fingerprint density at radius 1 is 0.339 bits per heavy atom. The fraction of sp³-hybridized carbons (Fsp3) is 0.940. The van der Waals surface area contributed by atoms with E-state index in [9.17, 15) is 14.4 Å². The summed E-state index contributed by atoms with van der Waals surface area (Å²) in [5.41, 5.74) is 0. The van der Waals surface area contributed by atoms with Crippen LogP contribution in [0.25, 0.3) is 0 Å². The fourth-order valence-electron chi connectivity index (χ4n) is 7.46. The lowest BCUT2D eigenvalue weighted by molar-refractivity contribution is -0.167. The van der Waals surface area contributed by atoms with Crippen LogP contribution in [0.4, 0.5) is 0 Å². The second-order valence-corrected chi connectivity index (χ2v) is 18.1. The molecule has 6 nitrogen and oxygen atoms in total. The highest BCUT2D eigenvalue weighted by atomic mass is 16.6. The Morgan fingerprint density at radius 3 is 0.875 bits per heavy atom. The lowest BCUT2D eigenvalue weighted by Crippen LogP contribution is -2.30. The topological polar surface area (TPSA) is 78.9 Å². The molecule has 0 saturated heterocycles. The van der Waals surface area contributed by atoms with E-state index in [0.29, 0.717) is 19.3 Å². The van der Waals surface area contributed by atoms with E-state index in [2.05, 4.69) is 34.6 Å². The van der Waals surface area contributed by atoms with Gasteiger partial charge < -0.3 is 14.2 Å². The van der Waals surface area contributed by atoms with Gasteiger partial charge in [0.2, 0.25) is 0 Å². The Kier molecular flexibility index (Phi) is 41.8. The van der Waals surface area contributed by atoms with E-state index < -0.39 is 6.10 Å². The monoisotopic (exact) mass is 793 g/mol. The minimum absolute atomic E-state index is 0.0654. The Bertz CT molecular complexity index is 854. The number of carbonyl (C=O) groups excluding carboxylic acids is 3.